The maximum absolute atomic E-state index is 13.0. The van der Waals surface area contributed by atoms with Crippen LogP contribution >= 0.6 is 0 Å². The topological polar surface area (TPSA) is 80.7 Å². The molecule has 0 amide bonds. The fourth-order valence-electron chi connectivity index (χ4n) is 3.78. The minimum absolute atomic E-state index is 0.216. The van der Waals surface area contributed by atoms with Crippen molar-refractivity contribution in [3.63, 3.8) is 0 Å². The smallest absolute Gasteiger partial charge is 0.304 e. The van der Waals surface area contributed by atoms with Gasteiger partial charge in [0.2, 0.25) is 0 Å². The maximum Gasteiger partial charge on any atom is 0.304 e. The van der Waals surface area contributed by atoms with Crippen molar-refractivity contribution in [2.75, 3.05) is 0 Å². The highest BCUT2D eigenvalue weighted by molar-refractivity contribution is 6.20. The van der Waals surface area contributed by atoms with Gasteiger partial charge in [0.15, 0.2) is 11.6 Å². The van der Waals surface area contributed by atoms with Gasteiger partial charge in [-0.2, -0.15) is 0 Å². The zero-order valence-corrected chi connectivity index (χ0v) is 14.2. The number of allylic oxidation sites excluding steroid dienone is 2. The van der Waals surface area contributed by atoms with Crippen molar-refractivity contribution < 1.29 is 24.2 Å². The van der Waals surface area contributed by atoms with E-state index in [1.165, 1.54) is 0 Å². The first-order valence-corrected chi connectivity index (χ1v) is 7.91. The molecule has 3 rings (SSSR count). The minimum Gasteiger partial charge on any atom is -0.481 e. The lowest BCUT2D eigenvalue weighted by atomic mass is 9.60. The number of benzene rings is 1. The Balaban J connectivity index is 2.29. The van der Waals surface area contributed by atoms with E-state index in [1.807, 2.05) is 0 Å². The van der Waals surface area contributed by atoms with E-state index in [0.717, 1.165) is 0 Å². The molecule has 0 unspecified atom stereocenters. The third-order valence-corrected chi connectivity index (χ3v) is 4.99. The summed E-state index contributed by atoms with van der Waals surface area (Å²) in [5.41, 5.74) is -1.19. The Morgan fingerprint density at radius 2 is 1.75 bits per heavy atom. The Kier molecular flexibility index (Phi) is 3.44. The maximum atomic E-state index is 13.0. The molecule has 0 saturated carbocycles. The second kappa shape index (κ2) is 5.03. The molecule has 0 spiro atoms. The zero-order chi connectivity index (χ0) is 17.9. The summed E-state index contributed by atoms with van der Waals surface area (Å²) < 4.78 is 5.94. The number of ketones is 2. The van der Waals surface area contributed by atoms with Crippen LogP contribution in [0, 0.1) is 10.8 Å². The number of hydrogen-bond acceptors (Lipinski definition) is 4. The average Bonchev–Trinajstić information content (AvgIpc) is 2.51. The number of carboxylic acids is 1. The molecule has 24 heavy (non-hydrogen) atoms. The number of aliphatic carboxylic acids is 1. The first-order valence-electron chi connectivity index (χ1n) is 7.91. The van der Waals surface area contributed by atoms with Crippen LogP contribution in [0.1, 0.15) is 45.6 Å². The van der Waals surface area contributed by atoms with Gasteiger partial charge in [-0.25, -0.2) is 0 Å². The summed E-state index contributed by atoms with van der Waals surface area (Å²) in [6, 6.07) is 7.08. The molecule has 1 aliphatic heterocycles. The molecule has 1 heterocycles. The van der Waals surface area contributed by atoms with Crippen molar-refractivity contribution in [3.05, 3.63) is 41.2 Å². The second-order valence-corrected chi connectivity index (χ2v) is 7.44. The Morgan fingerprint density at radius 3 is 2.38 bits per heavy atom. The lowest BCUT2D eigenvalue weighted by molar-refractivity contribution is -0.144. The number of carbonyl (C=O) groups is 3. The third-order valence-electron chi connectivity index (χ3n) is 4.99. The van der Waals surface area contributed by atoms with Crippen molar-refractivity contribution >= 4 is 17.5 Å². The van der Waals surface area contributed by atoms with Crippen molar-refractivity contribution in [2.45, 2.75) is 40.0 Å². The summed E-state index contributed by atoms with van der Waals surface area (Å²) in [4.78, 5) is 37.3. The molecule has 1 N–H and O–H groups in total. The minimum atomic E-state index is -1.20. The van der Waals surface area contributed by atoms with Crippen LogP contribution in [0.2, 0.25) is 0 Å². The van der Waals surface area contributed by atoms with Crippen LogP contribution < -0.4 is 4.74 Å². The largest absolute Gasteiger partial charge is 0.481 e. The summed E-state index contributed by atoms with van der Waals surface area (Å²) in [6.07, 6.45) is -0.217. The highest BCUT2D eigenvalue weighted by Crippen LogP contribution is 2.53. The van der Waals surface area contributed by atoms with Crippen LogP contribution in [0.4, 0.5) is 0 Å². The van der Waals surface area contributed by atoms with Gasteiger partial charge in [-0.1, -0.05) is 18.2 Å². The molecule has 0 fully saturated rings. The monoisotopic (exact) mass is 328 g/mol. The predicted octanol–water partition coefficient (Wildman–Crippen LogP) is 3.10. The standard InChI is InChI=1S/C19H20O5/c1-18(2)15(22)14-11(9-13(20)21)10-7-5-6-8-12(10)24-16(14)19(3,4)17(18)23/h5-8,11H,9H2,1-4H3,(H,20,21)/t11-/m0/s1. The molecule has 0 saturated heterocycles. The number of fused-ring (bicyclic) bond motifs is 1. The number of hydrogen-bond donors (Lipinski definition) is 1. The van der Waals surface area contributed by atoms with Crippen LogP contribution in [-0.2, 0) is 14.4 Å². The van der Waals surface area contributed by atoms with Crippen LogP contribution in [0.3, 0.4) is 0 Å². The number of rotatable bonds is 2. The van der Waals surface area contributed by atoms with Gasteiger partial charge in [0.1, 0.15) is 11.5 Å². The van der Waals surface area contributed by atoms with Crippen molar-refractivity contribution in [1.29, 1.82) is 0 Å². The summed E-state index contributed by atoms with van der Waals surface area (Å²) in [7, 11) is 0. The van der Waals surface area contributed by atoms with E-state index in [4.69, 9.17) is 4.74 Å². The predicted molar refractivity (Wildman–Crippen MR) is 86.7 cm³/mol. The number of carboxylic acid groups (broad SMARTS) is 1. The number of ether oxygens (including phenoxy) is 1. The number of carbonyl (C=O) groups excluding carboxylic acids is 2. The Labute approximate surface area is 140 Å². The van der Waals surface area contributed by atoms with E-state index in [0.29, 0.717) is 22.6 Å². The molecule has 126 valence electrons. The summed E-state index contributed by atoms with van der Waals surface area (Å²) in [6.45, 7) is 6.65. The van der Waals surface area contributed by atoms with Gasteiger partial charge in [-0.15, -0.1) is 0 Å². The Hall–Kier alpha value is -2.43. The van der Waals surface area contributed by atoms with Gasteiger partial charge < -0.3 is 9.84 Å². The first kappa shape index (κ1) is 16.4. The molecule has 0 aromatic heterocycles. The molecule has 0 bridgehead atoms. The summed E-state index contributed by atoms with van der Waals surface area (Å²) in [5.74, 6) is -1.36. The van der Waals surface area contributed by atoms with E-state index >= 15 is 0 Å². The van der Waals surface area contributed by atoms with Crippen molar-refractivity contribution in [1.82, 2.24) is 0 Å². The van der Waals surface area contributed by atoms with Gasteiger partial charge in [0.25, 0.3) is 0 Å². The highest BCUT2D eigenvalue weighted by Gasteiger charge is 2.56. The van der Waals surface area contributed by atoms with Gasteiger partial charge in [-0.3, -0.25) is 14.4 Å². The van der Waals surface area contributed by atoms with Gasteiger partial charge in [0.05, 0.1) is 17.3 Å². The summed E-state index contributed by atoms with van der Waals surface area (Å²) in [5, 5.41) is 9.34. The van der Waals surface area contributed by atoms with E-state index in [2.05, 4.69) is 0 Å². The number of para-hydroxylation sites is 1. The average molecular weight is 328 g/mol. The Morgan fingerprint density at radius 1 is 1.12 bits per heavy atom. The number of Topliss-reactive ketones (excluding diaryl/α,β-unsaturated/α-hetero) is 2. The molecule has 5 nitrogen and oxygen atoms in total. The van der Waals surface area contributed by atoms with Gasteiger partial charge in [0, 0.05) is 17.1 Å². The Bertz CT molecular complexity index is 798. The van der Waals surface area contributed by atoms with E-state index in [-0.39, 0.29) is 18.0 Å². The molecule has 5 heteroatoms. The first-order chi connectivity index (χ1) is 11.1. The van der Waals surface area contributed by atoms with Crippen molar-refractivity contribution in [3.8, 4) is 5.75 Å². The third kappa shape index (κ3) is 2.11. The molecule has 1 aromatic rings. The zero-order valence-electron chi connectivity index (χ0n) is 14.2. The van der Waals surface area contributed by atoms with Crippen LogP contribution in [0.25, 0.3) is 0 Å². The van der Waals surface area contributed by atoms with Gasteiger partial charge in [-0.05, 0) is 33.8 Å². The molecule has 0 radical (unpaired) electrons. The van der Waals surface area contributed by atoms with Crippen LogP contribution in [0.15, 0.2) is 35.6 Å². The normalized spacial score (nSPS) is 24.1. The highest BCUT2D eigenvalue weighted by atomic mass is 16.5. The molecular formula is C19H20O5. The van der Waals surface area contributed by atoms with Gasteiger partial charge >= 0.3 is 5.97 Å². The molecular weight excluding hydrogens is 308 g/mol. The fourth-order valence-corrected chi connectivity index (χ4v) is 3.78. The molecule has 2 aliphatic rings. The SMILES string of the molecule is CC1(C)C(=O)C2=C(Oc3ccccc3[C@@H]2CC(=O)O)C(C)(C)C1=O. The second-order valence-electron chi connectivity index (χ2n) is 7.44. The van der Waals surface area contributed by atoms with E-state index < -0.39 is 22.7 Å². The van der Waals surface area contributed by atoms with Crippen LogP contribution in [0.5, 0.6) is 5.75 Å². The van der Waals surface area contributed by atoms with Crippen molar-refractivity contribution in [2.24, 2.45) is 10.8 Å². The van der Waals surface area contributed by atoms with E-state index in [9.17, 15) is 19.5 Å². The lowest BCUT2D eigenvalue weighted by Gasteiger charge is -2.44. The van der Waals surface area contributed by atoms with E-state index in [1.54, 1.807) is 52.0 Å². The lowest BCUT2D eigenvalue weighted by Crippen LogP contribution is -2.51. The molecule has 1 atom stereocenters. The summed E-state index contributed by atoms with van der Waals surface area (Å²) >= 11 is 0. The van der Waals surface area contributed by atoms with Crippen LogP contribution in [-0.4, -0.2) is 22.6 Å². The quantitative estimate of drug-likeness (QED) is 0.844. The fraction of sp³-hybridized carbons (Fsp3) is 0.421. The molecule has 1 aliphatic carbocycles. The molecule has 1 aromatic carbocycles.